The van der Waals surface area contributed by atoms with Gasteiger partial charge in [-0.15, -0.1) is 0 Å². The highest BCUT2D eigenvalue weighted by Gasteiger charge is 2.17. The summed E-state index contributed by atoms with van der Waals surface area (Å²) < 4.78 is 12.3. The van der Waals surface area contributed by atoms with Crippen LogP contribution in [0.3, 0.4) is 0 Å². The van der Waals surface area contributed by atoms with Crippen LogP contribution in [-0.2, 0) is 0 Å². The lowest BCUT2D eigenvalue weighted by Gasteiger charge is -2.00. The lowest BCUT2D eigenvalue weighted by Crippen LogP contribution is -1.77. The summed E-state index contributed by atoms with van der Waals surface area (Å²) in [6.07, 6.45) is 0. The van der Waals surface area contributed by atoms with Gasteiger partial charge in [0.2, 0.25) is 5.89 Å². The van der Waals surface area contributed by atoms with Crippen molar-refractivity contribution in [2.24, 2.45) is 0 Å². The second-order valence-corrected chi connectivity index (χ2v) is 7.01. The summed E-state index contributed by atoms with van der Waals surface area (Å²) in [4.78, 5) is 4.70. The van der Waals surface area contributed by atoms with Crippen LogP contribution in [-0.4, -0.2) is 4.98 Å². The quantitative estimate of drug-likeness (QED) is 0.307. The maximum atomic E-state index is 6.25. The van der Waals surface area contributed by atoms with Crippen molar-refractivity contribution >= 4 is 55.4 Å². The van der Waals surface area contributed by atoms with E-state index in [1.807, 2.05) is 66.7 Å². The standard InChI is InChI=1S/C23H12ClNO2/c24-15-8-11-18-16(12-15)21-19(26-18)10-7-13-6-9-17-22(20(13)21)27-23(25-17)14-4-2-1-3-5-14/h1-12H. The molecule has 6 rings (SSSR count). The van der Waals surface area contributed by atoms with Crippen LogP contribution in [0.5, 0.6) is 0 Å². The van der Waals surface area contributed by atoms with Gasteiger partial charge in [0, 0.05) is 26.7 Å². The SMILES string of the molecule is Clc1ccc2oc3ccc4ccc5nc(-c6ccccc6)oc5c4c3c2c1. The number of benzene rings is 4. The number of hydrogen-bond donors (Lipinski definition) is 0. The van der Waals surface area contributed by atoms with Crippen molar-refractivity contribution in [2.75, 3.05) is 0 Å². The molecule has 0 aliphatic rings. The second kappa shape index (κ2) is 5.35. The minimum Gasteiger partial charge on any atom is -0.456 e. The van der Waals surface area contributed by atoms with Crippen LogP contribution in [0.1, 0.15) is 0 Å². The average Bonchev–Trinajstić information content (AvgIpc) is 3.29. The number of furan rings is 1. The van der Waals surface area contributed by atoms with Gasteiger partial charge in [0.15, 0.2) is 5.58 Å². The van der Waals surface area contributed by atoms with Gasteiger partial charge in [0.25, 0.3) is 0 Å². The molecule has 0 spiro atoms. The van der Waals surface area contributed by atoms with Crippen LogP contribution >= 0.6 is 11.6 Å². The van der Waals surface area contributed by atoms with Crippen LogP contribution in [0.4, 0.5) is 0 Å². The van der Waals surface area contributed by atoms with E-state index in [1.165, 1.54) is 0 Å². The molecule has 128 valence electrons. The fourth-order valence-electron chi connectivity index (χ4n) is 3.74. The average molecular weight is 370 g/mol. The van der Waals surface area contributed by atoms with E-state index in [1.54, 1.807) is 0 Å². The third-order valence-electron chi connectivity index (χ3n) is 4.95. The highest BCUT2D eigenvalue weighted by atomic mass is 35.5. The van der Waals surface area contributed by atoms with Gasteiger partial charge in [-0.2, -0.15) is 0 Å². The summed E-state index contributed by atoms with van der Waals surface area (Å²) in [7, 11) is 0. The predicted molar refractivity (Wildman–Crippen MR) is 109 cm³/mol. The molecule has 4 aromatic carbocycles. The van der Waals surface area contributed by atoms with Gasteiger partial charge in [-0.25, -0.2) is 4.98 Å². The van der Waals surface area contributed by atoms with Crippen LogP contribution < -0.4 is 0 Å². The molecule has 0 saturated heterocycles. The smallest absolute Gasteiger partial charge is 0.227 e. The minimum absolute atomic E-state index is 0.612. The number of fused-ring (bicyclic) bond motifs is 7. The number of oxazole rings is 1. The molecule has 0 amide bonds. The summed E-state index contributed by atoms with van der Waals surface area (Å²) in [5.74, 6) is 0.612. The number of rotatable bonds is 1. The molecule has 0 radical (unpaired) electrons. The molecule has 3 nitrogen and oxygen atoms in total. The summed E-state index contributed by atoms with van der Waals surface area (Å²) >= 11 is 6.25. The molecule has 0 aliphatic carbocycles. The van der Waals surface area contributed by atoms with Gasteiger partial charge < -0.3 is 8.83 Å². The van der Waals surface area contributed by atoms with Crippen LogP contribution in [0.15, 0.2) is 81.6 Å². The van der Waals surface area contributed by atoms with Crippen molar-refractivity contribution in [3.8, 4) is 11.5 Å². The lowest BCUT2D eigenvalue weighted by molar-refractivity contribution is 0.623. The summed E-state index contributed by atoms with van der Waals surface area (Å²) in [6.45, 7) is 0. The maximum Gasteiger partial charge on any atom is 0.227 e. The van der Waals surface area contributed by atoms with Crippen LogP contribution in [0.25, 0.3) is 55.3 Å². The first-order valence-corrected chi connectivity index (χ1v) is 9.05. The zero-order valence-corrected chi connectivity index (χ0v) is 14.8. The van der Waals surface area contributed by atoms with Gasteiger partial charge in [-0.05, 0) is 47.9 Å². The normalized spacial score (nSPS) is 11.9. The first-order chi connectivity index (χ1) is 13.3. The molecule has 0 N–H and O–H groups in total. The zero-order chi connectivity index (χ0) is 18.0. The van der Waals surface area contributed by atoms with E-state index in [2.05, 4.69) is 6.07 Å². The Bertz CT molecular complexity index is 1480. The summed E-state index contributed by atoms with van der Waals surface area (Å²) in [5.41, 5.74) is 4.16. The van der Waals surface area contributed by atoms with Crippen molar-refractivity contribution in [3.63, 3.8) is 0 Å². The molecular formula is C23H12ClNO2. The van der Waals surface area contributed by atoms with Crippen molar-refractivity contribution < 1.29 is 8.83 Å². The Morgan fingerprint density at radius 1 is 0.741 bits per heavy atom. The maximum absolute atomic E-state index is 6.25. The predicted octanol–water partition coefficient (Wildman–Crippen LogP) is 7.20. The largest absolute Gasteiger partial charge is 0.456 e. The van der Waals surface area contributed by atoms with Gasteiger partial charge in [0.1, 0.15) is 16.7 Å². The monoisotopic (exact) mass is 369 g/mol. The molecular weight excluding hydrogens is 358 g/mol. The number of halogens is 1. The number of aromatic nitrogens is 1. The Balaban J connectivity index is 1.80. The van der Waals surface area contributed by atoms with Crippen molar-refractivity contribution in [2.45, 2.75) is 0 Å². The topological polar surface area (TPSA) is 39.2 Å². The molecule has 0 fully saturated rings. The zero-order valence-electron chi connectivity index (χ0n) is 14.1. The van der Waals surface area contributed by atoms with E-state index < -0.39 is 0 Å². The third kappa shape index (κ3) is 2.12. The molecule has 6 aromatic rings. The van der Waals surface area contributed by atoms with Crippen molar-refractivity contribution in [1.29, 1.82) is 0 Å². The van der Waals surface area contributed by atoms with E-state index >= 15 is 0 Å². The molecule has 0 aliphatic heterocycles. The van der Waals surface area contributed by atoms with E-state index in [0.717, 1.165) is 49.4 Å². The molecule has 2 aromatic heterocycles. The molecule has 2 heterocycles. The first kappa shape index (κ1) is 14.8. The van der Waals surface area contributed by atoms with Crippen molar-refractivity contribution in [1.82, 2.24) is 4.98 Å². The van der Waals surface area contributed by atoms with E-state index in [9.17, 15) is 0 Å². The molecule has 4 heteroatoms. The molecule has 0 bridgehead atoms. The van der Waals surface area contributed by atoms with Crippen LogP contribution in [0.2, 0.25) is 5.02 Å². The Morgan fingerprint density at radius 3 is 2.44 bits per heavy atom. The molecule has 0 saturated carbocycles. The van der Waals surface area contributed by atoms with Gasteiger partial charge in [0.05, 0.1) is 0 Å². The highest BCUT2D eigenvalue weighted by molar-refractivity contribution is 6.32. The van der Waals surface area contributed by atoms with Gasteiger partial charge in [-0.3, -0.25) is 0 Å². The highest BCUT2D eigenvalue weighted by Crippen LogP contribution is 2.40. The molecule has 0 atom stereocenters. The Morgan fingerprint density at radius 2 is 1.56 bits per heavy atom. The first-order valence-electron chi connectivity index (χ1n) is 8.67. The second-order valence-electron chi connectivity index (χ2n) is 6.58. The summed E-state index contributed by atoms with van der Waals surface area (Å²) in [5, 5.41) is 4.74. The number of nitrogens with zero attached hydrogens (tertiary/aromatic N) is 1. The Labute approximate surface area is 158 Å². The fraction of sp³-hybridized carbons (Fsp3) is 0. The number of hydrogen-bond acceptors (Lipinski definition) is 3. The lowest BCUT2D eigenvalue weighted by atomic mass is 10.0. The fourth-order valence-corrected chi connectivity index (χ4v) is 3.91. The van der Waals surface area contributed by atoms with E-state index in [-0.39, 0.29) is 0 Å². The Hall–Kier alpha value is -3.30. The molecule has 27 heavy (non-hydrogen) atoms. The van der Waals surface area contributed by atoms with Crippen molar-refractivity contribution in [3.05, 3.63) is 77.8 Å². The van der Waals surface area contributed by atoms with Crippen LogP contribution in [0, 0.1) is 0 Å². The Kier molecular flexibility index (Phi) is 2.94. The van der Waals surface area contributed by atoms with E-state index in [0.29, 0.717) is 10.9 Å². The van der Waals surface area contributed by atoms with Gasteiger partial charge in [-0.1, -0.05) is 41.9 Å². The van der Waals surface area contributed by atoms with Gasteiger partial charge >= 0.3 is 0 Å². The molecule has 0 unspecified atom stereocenters. The minimum atomic E-state index is 0.612. The summed E-state index contributed by atoms with van der Waals surface area (Å²) in [6, 6.07) is 23.7. The third-order valence-corrected chi connectivity index (χ3v) is 5.19. The van der Waals surface area contributed by atoms with E-state index in [4.69, 9.17) is 25.4 Å².